The van der Waals surface area contributed by atoms with E-state index in [2.05, 4.69) is 4.74 Å². The summed E-state index contributed by atoms with van der Waals surface area (Å²) in [5.74, 6) is 1.70. The Hall–Kier alpha value is -3.65. The molecule has 0 saturated carbocycles. The number of ether oxygens (including phenoxy) is 4. The van der Waals surface area contributed by atoms with Crippen LogP contribution in [0.15, 0.2) is 60.7 Å². The molecule has 4 aromatic rings. The molecule has 0 atom stereocenters. The van der Waals surface area contributed by atoms with E-state index in [0.29, 0.717) is 33.5 Å². The normalized spacial score (nSPS) is 11.4. The fourth-order valence-corrected chi connectivity index (χ4v) is 3.84. The minimum atomic E-state index is -4.74. The van der Waals surface area contributed by atoms with Crippen LogP contribution >= 0.6 is 11.6 Å². The second-order valence-electron chi connectivity index (χ2n) is 7.26. The predicted octanol–water partition coefficient (Wildman–Crippen LogP) is 7.57. The van der Waals surface area contributed by atoms with Gasteiger partial charge in [0, 0.05) is 22.7 Å². The van der Waals surface area contributed by atoms with Gasteiger partial charge in [-0.15, -0.1) is 13.2 Å². The van der Waals surface area contributed by atoms with E-state index >= 15 is 0 Å². The summed E-state index contributed by atoms with van der Waals surface area (Å²) in [5.41, 5.74) is 3.09. The van der Waals surface area contributed by atoms with Crippen molar-refractivity contribution in [2.24, 2.45) is 0 Å². The number of nitrogens with zero attached hydrogens (tertiary/aromatic N) is 1. The first-order chi connectivity index (χ1) is 16.2. The van der Waals surface area contributed by atoms with Gasteiger partial charge in [0.2, 0.25) is 0 Å². The molecule has 0 spiro atoms. The van der Waals surface area contributed by atoms with Gasteiger partial charge in [-0.2, -0.15) is 0 Å². The maximum Gasteiger partial charge on any atom is 0.573 e. The molecule has 0 saturated heterocycles. The molecule has 0 N–H and O–H groups in total. The minimum absolute atomic E-state index is 0.320. The van der Waals surface area contributed by atoms with Gasteiger partial charge >= 0.3 is 6.36 Å². The SMILES string of the molecule is COc1cc2nc(C)c(-c3ccc(Oc4ccc(OC(F)(F)F)cc4)cc3)c(OC)c2cc1Cl. The number of aromatic nitrogens is 1. The Morgan fingerprint density at radius 3 is 1.97 bits per heavy atom. The van der Waals surface area contributed by atoms with Crippen molar-refractivity contribution in [1.82, 2.24) is 4.98 Å². The molecule has 0 aliphatic rings. The Morgan fingerprint density at radius 1 is 0.824 bits per heavy atom. The summed E-state index contributed by atoms with van der Waals surface area (Å²) in [6, 6.07) is 15.9. The molecule has 0 radical (unpaired) electrons. The van der Waals surface area contributed by atoms with E-state index in [4.69, 9.17) is 30.8 Å². The van der Waals surface area contributed by atoms with E-state index in [9.17, 15) is 13.2 Å². The number of hydrogen-bond acceptors (Lipinski definition) is 5. The van der Waals surface area contributed by atoms with E-state index in [1.165, 1.54) is 24.3 Å². The van der Waals surface area contributed by atoms with Crippen molar-refractivity contribution >= 4 is 22.5 Å². The third-order valence-electron chi connectivity index (χ3n) is 5.03. The first-order valence-corrected chi connectivity index (χ1v) is 10.4. The van der Waals surface area contributed by atoms with Crippen LogP contribution in [0.25, 0.3) is 22.0 Å². The summed E-state index contributed by atoms with van der Waals surface area (Å²) in [5, 5.41) is 1.19. The number of methoxy groups -OCH3 is 2. The van der Waals surface area contributed by atoms with Crippen LogP contribution in [0, 0.1) is 6.92 Å². The topological polar surface area (TPSA) is 49.8 Å². The zero-order chi connectivity index (χ0) is 24.5. The van der Waals surface area contributed by atoms with Gasteiger partial charge in [0.25, 0.3) is 0 Å². The standard InChI is InChI=1S/C25H19ClF3NO4/c1-14-23(24(32-3)19-12-20(26)22(31-2)13-21(19)30-14)15-4-6-16(7-5-15)33-17-8-10-18(11-9-17)34-25(27,28)29/h4-13H,1-3H3. The van der Waals surface area contributed by atoms with Crippen LogP contribution < -0.4 is 18.9 Å². The van der Waals surface area contributed by atoms with E-state index in [1.54, 1.807) is 38.5 Å². The molecule has 0 fully saturated rings. The molecule has 1 heterocycles. The number of alkyl halides is 3. The number of halogens is 4. The average molecular weight is 490 g/mol. The fraction of sp³-hybridized carbons (Fsp3) is 0.160. The Balaban J connectivity index is 1.62. The first kappa shape index (κ1) is 23.5. The smallest absolute Gasteiger partial charge is 0.495 e. The van der Waals surface area contributed by atoms with E-state index in [-0.39, 0.29) is 5.75 Å². The predicted molar refractivity (Wildman–Crippen MR) is 123 cm³/mol. The van der Waals surface area contributed by atoms with Crippen LogP contribution in [0.4, 0.5) is 13.2 Å². The zero-order valence-corrected chi connectivity index (χ0v) is 19.1. The molecule has 1 aromatic heterocycles. The molecule has 3 aromatic carbocycles. The lowest BCUT2D eigenvalue weighted by Crippen LogP contribution is -2.16. The van der Waals surface area contributed by atoms with Crippen molar-refractivity contribution in [3.63, 3.8) is 0 Å². The molecule has 0 aliphatic carbocycles. The van der Waals surface area contributed by atoms with Crippen LogP contribution in [0.5, 0.6) is 28.7 Å². The van der Waals surface area contributed by atoms with Crippen LogP contribution in [0.2, 0.25) is 5.02 Å². The molecule has 176 valence electrons. The lowest BCUT2D eigenvalue weighted by Gasteiger charge is -2.16. The van der Waals surface area contributed by atoms with E-state index in [0.717, 1.165) is 22.2 Å². The minimum Gasteiger partial charge on any atom is -0.495 e. The quantitative estimate of drug-likeness (QED) is 0.279. The van der Waals surface area contributed by atoms with Gasteiger partial charge < -0.3 is 18.9 Å². The molecule has 4 rings (SSSR count). The number of benzene rings is 3. The highest BCUT2D eigenvalue weighted by atomic mass is 35.5. The monoisotopic (exact) mass is 489 g/mol. The first-order valence-electron chi connectivity index (χ1n) is 10.0. The number of aryl methyl sites for hydroxylation is 1. The summed E-state index contributed by atoms with van der Waals surface area (Å²) >= 11 is 6.32. The third kappa shape index (κ3) is 4.97. The molecule has 0 amide bonds. The number of fused-ring (bicyclic) bond motifs is 1. The number of rotatable bonds is 6. The van der Waals surface area contributed by atoms with Gasteiger partial charge in [0.15, 0.2) is 0 Å². The molecular weight excluding hydrogens is 471 g/mol. The van der Waals surface area contributed by atoms with Gasteiger partial charge in [0.05, 0.1) is 24.8 Å². The van der Waals surface area contributed by atoms with Crippen LogP contribution in [-0.2, 0) is 0 Å². The third-order valence-corrected chi connectivity index (χ3v) is 5.33. The lowest BCUT2D eigenvalue weighted by molar-refractivity contribution is -0.274. The molecule has 0 bridgehead atoms. The molecular formula is C25H19ClF3NO4. The van der Waals surface area contributed by atoms with Gasteiger partial charge in [-0.05, 0) is 55.0 Å². The summed E-state index contributed by atoms with van der Waals surface area (Å²) < 4.78 is 57.6. The van der Waals surface area contributed by atoms with Crippen LogP contribution in [0.1, 0.15) is 5.69 Å². The number of pyridine rings is 1. The highest BCUT2D eigenvalue weighted by Crippen LogP contribution is 2.41. The molecule has 0 unspecified atom stereocenters. The Labute approximate surface area is 198 Å². The van der Waals surface area contributed by atoms with Gasteiger partial charge in [-0.1, -0.05) is 23.7 Å². The van der Waals surface area contributed by atoms with Crippen molar-refractivity contribution in [3.8, 4) is 39.9 Å². The largest absolute Gasteiger partial charge is 0.573 e. The second kappa shape index (κ2) is 9.30. The fourth-order valence-electron chi connectivity index (χ4n) is 3.60. The van der Waals surface area contributed by atoms with Crippen LogP contribution in [-0.4, -0.2) is 25.6 Å². The average Bonchev–Trinajstić information content (AvgIpc) is 2.79. The Kier molecular flexibility index (Phi) is 6.43. The van der Waals surface area contributed by atoms with Gasteiger partial charge in [-0.3, -0.25) is 4.98 Å². The molecule has 5 nitrogen and oxygen atoms in total. The van der Waals surface area contributed by atoms with Crippen molar-refractivity contribution in [2.75, 3.05) is 14.2 Å². The summed E-state index contributed by atoms with van der Waals surface area (Å²) in [7, 11) is 3.12. The highest BCUT2D eigenvalue weighted by molar-refractivity contribution is 6.33. The van der Waals surface area contributed by atoms with Crippen molar-refractivity contribution in [3.05, 3.63) is 71.4 Å². The maximum atomic E-state index is 12.3. The molecule has 0 aliphatic heterocycles. The summed E-state index contributed by atoms with van der Waals surface area (Å²) in [4.78, 5) is 4.69. The Morgan fingerprint density at radius 2 is 1.41 bits per heavy atom. The van der Waals surface area contributed by atoms with E-state index in [1.807, 2.05) is 19.1 Å². The molecule has 34 heavy (non-hydrogen) atoms. The van der Waals surface area contributed by atoms with Gasteiger partial charge in [0.1, 0.15) is 28.7 Å². The highest BCUT2D eigenvalue weighted by Gasteiger charge is 2.31. The van der Waals surface area contributed by atoms with Gasteiger partial charge in [-0.25, -0.2) is 0 Å². The Bertz CT molecular complexity index is 1320. The van der Waals surface area contributed by atoms with Crippen LogP contribution in [0.3, 0.4) is 0 Å². The zero-order valence-electron chi connectivity index (χ0n) is 18.4. The second-order valence-corrected chi connectivity index (χ2v) is 7.66. The van der Waals surface area contributed by atoms with Crippen molar-refractivity contribution < 1.29 is 32.1 Å². The summed E-state index contributed by atoms with van der Waals surface area (Å²) in [6.07, 6.45) is -4.74. The maximum absolute atomic E-state index is 12.3. The van der Waals surface area contributed by atoms with Crippen molar-refractivity contribution in [2.45, 2.75) is 13.3 Å². The van der Waals surface area contributed by atoms with E-state index < -0.39 is 6.36 Å². The summed E-state index contributed by atoms with van der Waals surface area (Å²) in [6.45, 7) is 1.88. The molecule has 9 heteroatoms. The lowest BCUT2D eigenvalue weighted by atomic mass is 10.00. The van der Waals surface area contributed by atoms with Crippen molar-refractivity contribution in [1.29, 1.82) is 0 Å². The number of hydrogen-bond donors (Lipinski definition) is 0.